The molecule has 156 valence electrons. The van der Waals surface area contributed by atoms with Crippen LogP contribution in [0.3, 0.4) is 0 Å². The topological polar surface area (TPSA) is 72.6 Å². The van der Waals surface area contributed by atoms with Crippen molar-refractivity contribution >= 4 is 11.6 Å². The Morgan fingerprint density at radius 1 is 1.07 bits per heavy atom. The van der Waals surface area contributed by atoms with Gasteiger partial charge < -0.3 is 14.5 Å². The molecule has 1 saturated heterocycles. The first-order chi connectivity index (χ1) is 14.2. The van der Waals surface area contributed by atoms with Gasteiger partial charge in [0.1, 0.15) is 18.1 Å². The van der Waals surface area contributed by atoms with Crippen molar-refractivity contribution in [3.05, 3.63) is 40.6 Å². The first-order valence-corrected chi connectivity index (χ1v) is 10.6. The Morgan fingerprint density at radius 2 is 1.86 bits per heavy atom. The van der Waals surface area contributed by atoms with Crippen LogP contribution in [0.1, 0.15) is 32.0 Å². The molecule has 1 aromatic carbocycles. The number of nitrogens with zero attached hydrogens (tertiary/aromatic N) is 5. The highest BCUT2D eigenvalue weighted by atomic mass is 16.5. The van der Waals surface area contributed by atoms with Gasteiger partial charge in [0.15, 0.2) is 0 Å². The summed E-state index contributed by atoms with van der Waals surface area (Å²) in [6, 6.07) is 8.01. The molecule has 0 bridgehead atoms. The number of benzene rings is 1. The molecule has 8 nitrogen and oxygen atoms in total. The largest absolute Gasteiger partial charge is 0.492 e. The summed E-state index contributed by atoms with van der Waals surface area (Å²) in [6.07, 6.45) is 3.99. The Morgan fingerprint density at radius 3 is 2.66 bits per heavy atom. The van der Waals surface area contributed by atoms with E-state index in [9.17, 15) is 9.59 Å². The number of rotatable bonds is 5. The van der Waals surface area contributed by atoms with Crippen molar-refractivity contribution in [2.45, 2.75) is 45.7 Å². The van der Waals surface area contributed by atoms with E-state index in [1.54, 1.807) is 4.57 Å². The van der Waals surface area contributed by atoms with Crippen LogP contribution in [-0.2, 0) is 24.3 Å². The Hall–Kier alpha value is -2.77. The highest BCUT2D eigenvalue weighted by molar-refractivity contribution is 5.76. The maximum atomic E-state index is 12.8. The number of ether oxygens (including phenoxy) is 1. The van der Waals surface area contributed by atoms with E-state index >= 15 is 0 Å². The van der Waals surface area contributed by atoms with Crippen LogP contribution in [0.2, 0.25) is 0 Å². The van der Waals surface area contributed by atoms with Gasteiger partial charge in [0, 0.05) is 39.1 Å². The van der Waals surface area contributed by atoms with Crippen molar-refractivity contribution in [2.24, 2.45) is 0 Å². The number of hydrogen-bond acceptors (Lipinski definition) is 5. The minimum absolute atomic E-state index is 0.0222. The van der Waals surface area contributed by atoms with E-state index in [0.29, 0.717) is 26.2 Å². The van der Waals surface area contributed by atoms with Crippen LogP contribution < -0.4 is 15.3 Å². The molecule has 0 atom stereocenters. The first-order valence-electron chi connectivity index (χ1n) is 10.6. The predicted octanol–water partition coefficient (Wildman–Crippen LogP) is 1.52. The van der Waals surface area contributed by atoms with Gasteiger partial charge in [0.05, 0.1) is 12.3 Å². The van der Waals surface area contributed by atoms with E-state index in [0.717, 1.165) is 56.0 Å². The number of hydrogen-bond donors (Lipinski definition) is 0. The van der Waals surface area contributed by atoms with Crippen molar-refractivity contribution in [3.8, 4) is 5.75 Å². The van der Waals surface area contributed by atoms with Crippen molar-refractivity contribution in [2.75, 3.05) is 37.7 Å². The standard InChI is InChI=1S/C21H29N5O3/c1-2-29-18-9-6-5-8-17(18)23-12-14-24(15-13-23)20(27)16-26-21(28)25-11-7-3-4-10-19(25)22-26/h5-6,8-9H,2-4,7,10-16H2,1H3. The maximum absolute atomic E-state index is 12.8. The molecule has 8 heteroatoms. The molecular formula is C21H29N5O3. The molecule has 0 aliphatic carbocycles. The molecule has 3 heterocycles. The summed E-state index contributed by atoms with van der Waals surface area (Å²) in [5.41, 5.74) is 0.912. The molecule has 0 radical (unpaired) electrons. The van der Waals surface area contributed by atoms with E-state index < -0.39 is 0 Å². The molecule has 2 aliphatic heterocycles. The number of fused-ring (bicyclic) bond motifs is 1. The Bertz CT molecular complexity index is 911. The second-order valence-electron chi connectivity index (χ2n) is 7.59. The number of aryl methyl sites for hydroxylation is 1. The van der Waals surface area contributed by atoms with E-state index in [4.69, 9.17) is 4.74 Å². The zero-order chi connectivity index (χ0) is 20.2. The second kappa shape index (κ2) is 8.71. The van der Waals surface area contributed by atoms with Gasteiger partial charge in [-0.15, -0.1) is 0 Å². The van der Waals surface area contributed by atoms with Crippen molar-refractivity contribution in [3.63, 3.8) is 0 Å². The first kappa shape index (κ1) is 19.5. The molecule has 0 N–H and O–H groups in total. The molecule has 4 rings (SSSR count). The molecule has 2 aromatic rings. The third-order valence-electron chi connectivity index (χ3n) is 5.70. The van der Waals surface area contributed by atoms with Gasteiger partial charge >= 0.3 is 5.69 Å². The number of carbonyl (C=O) groups is 1. The van der Waals surface area contributed by atoms with Gasteiger partial charge in [-0.1, -0.05) is 18.6 Å². The maximum Gasteiger partial charge on any atom is 0.346 e. The predicted molar refractivity (Wildman–Crippen MR) is 110 cm³/mol. The van der Waals surface area contributed by atoms with Crippen LogP contribution in [0, 0.1) is 0 Å². The third kappa shape index (κ3) is 4.16. The van der Waals surface area contributed by atoms with E-state index in [-0.39, 0.29) is 18.1 Å². The number of carbonyl (C=O) groups excluding carboxylic acids is 1. The fraction of sp³-hybridized carbons (Fsp3) is 0.571. The van der Waals surface area contributed by atoms with Gasteiger partial charge in [0.2, 0.25) is 5.91 Å². The monoisotopic (exact) mass is 399 g/mol. The number of aromatic nitrogens is 3. The average molecular weight is 399 g/mol. The summed E-state index contributed by atoms with van der Waals surface area (Å²) in [4.78, 5) is 29.5. The second-order valence-corrected chi connectivity index (χ2v) is 7.59. The molecule has 1 fully saturated rings. The lowest BCUT2D eigenvalue weighted by molar-refractivity contribution is -0.132. The highest BCUT2D eigenvalue weighted by Gasteiger charge is 2.25. The fourth-order valence-electron chi connectivity index (χ4n) is 4.15. The molecule has 0 unspecified atom stereocenters. The molecule has 2 aliphatic rings. The normalized spacial score (nSPS) is 17.0. The molecule has 0 saturated carbocycles. The van der Waals surface area contributed by atoms with Crippen LogP contribution >= 0.6 is 0 Å². The summed E-state index contributed by atoms with van der Waals surface area (Å²) >= 11 is 0. The summed E-state index contributed by atoms with van der Waals surface area (Å²) in [5, 5.41) is 4.43. The van der Waals surface area contributed by atoms with Crippen molar-refractivity contribution < 1.29 is 9.53 Å². The SMILES string of the molecule is CCOc1ccccc1N1CCN(C(=O)Cn2nc3n(c2=O)CCCCC3)CC1. The number of para-hydroxylation sites is 2. The number of anilines is 1. The van der Waals surface area contributed by atoms with Crippen molar-refractivity contribution in [1.29, 1.82) is 0 Å². The summed E-state index contributed by atoms with van der Waals surface area (Å²) in [6.45, 7) is 6.07. The molecule has 1 amide bonds. The van der Waals surface area contributed by atoms with Gasteiger partial charge in [-0.3, -0.25) is 9.36 Å². The van der Waals surface area contributed by atoms with Crippen molar-refractivity contribution in [1.82, 2.24) is 19.2 Å². The zero-order valence-electron chi connectivity index (χ0n) is 17.0. The van der Waals surface area contributed by atoms with Gasteiger partial charge in [-0.2, -0.15) is 5.10 Å². The lowest BCUT2D eigenvalue weighted by Gasteiger charge is -2.36. The van der Waals surface area contributed by atoms with Crippen LogP contribution in [0.25, 0.3) is 0 Å². The molecule has 1 aromatic heterocycles. The van der Waals surface area contributed by atoms with Gasteiger partial charge in [0.25, 0.3) is 0 Å². The third-order valence-corrected chi connectivity index (χ3v) is 5.70. The molecular weight excluding hydrogens is 370 g/mol. The van der Waals surface area contributed by atoms with Crippen LogP contribution in [0.15, 0.2) is 29.1 Å². The number of piperazine rings is 1. The van der Waals surface area contributed by atoms with Gasteiger partial charge in [-0.05, 0) is 31.9 Å². The van der Waals surface area contributed by atoms with Gasteiger partial charge in [-0.25, -0.2) is 9.48 Å². The number of amides is 1. The van der Waals surface area contributed by atoms with E-state index in [1.807, 2.05) is 30.0 Å². The van der Waals surface area contributed by atoms with Crippen LogP contribution in [0.5, 0.6) is 5.75 Å². The lowest BCUT2D eigenvalue weighted by Crippen LogP contribution is -2.50. The zero-order valence-corrected chi connectivity index (χ0v) is 17.0. The van der Waals surface area contributed by atoms with Crippen LogP contribution in [-0.4, -0.2) is 57.9 Å². The minimum atomic E-state index is -0.153. The van der Waals surface area contributed by atoms with E-state index in [2.05, 4.69) is 16.1 Å². The van der Waals surface area contributed by atoms with Crippen LogP contribution in [0.4, 0.5) is 5.69 Å². The quantitative estimate of drug-likeness (QED) is 0.762. The average Bonchev–Trinajstić information content (AvgIpc) is 2.90. The minimum Gasteiger partial charge on any atom is -0.492 e. The summed E-state index contributed by atoms with van der Waals surface area (Å²) in [5.74, 6) is 1.65. The summed E-state index contributed by atoms with van der Waals surface area (Å²) < 4.78 is 8.82. The summed E-state index contributed by atoms with van der Waals surface area (Å²) in [7, 11) is 0. The smallest absolute Gasteiger partial charge is 0.346 e. The molecule has 0 spiro atoms. The Kier molecular flexibility index (Phi) is 5.87. The highest BCUT2D eigenvalue weighted by Crippen LogP contribution is 2.28. The Labute approximate surface area is 170 Å². The fourth-order valence-corrected chi connectivity index (χ4v) is 4.15. The lowest BCUT2D eigenvalue weighted by atomic mass is 10.2. The van der Waals surface area contributed by atoms with E-state index in [1.165, 1.54) is 4.68 Å². The molecule has 29 heavy (non-hydrogen) atoms. The Balaban J connectivity index is 1.38.